The Kier molecular flexibility index (Phi) is 4.59. The summed E-state index contributed by atoms with van der Waals surface area (Å²) in [4.78, 5) is 14.5. The van der Waals surface area contributed by atoms with Crippen molar-refractivity contribution in [1.29, 1.82) is 0 Å². The van der Waals surface area contributed by atoms with E-state index in [0.29, 0.717) is 12.5 Å². The van der Waals surface area contributed by atoms with Gasteiger partial charge in [0.1, 0.15) is 0 Å². The largest absolute Gasteiger partial charge is 0.334 e. The molecule has 2 aliphatic rings. The van der Waals surface area contributed by atoms with Crippen LogP contribution in [0.5, 0.6) is 0 Å². The molecule has 1 aliphatic heterocycles. The molecule has 1 aromatic carbocycles. The van der Waals surface area contributed by atoms with Gasteiger partial charge in [-0.3, -0.25) is 4.79 Å². The average molecular weight is 286 g/mol. The lowest BCUT2D eigenvalue weighted by Gasteiger charge is -2.24. The van der Waals surface area contributed by atoms with Crippen LogP contribution in [0.4, 0.5) is 0 Å². The van der Waals surface area contributed by atoms with E-state index in [9.17, 15) is 4.79 Å². The number of amides is 1. The second-order valence-corrected chi connectivity index (χ2v) is 6.49. The average Bonchev–Trinajstić information content (AvgIpc) is 3.04. The van der Waals surface area contributed by atoms with Gasteiger partial charge in [0.2, 0.25) is 0 Å². The molecule has 3 heteroatoms. The lowest BCUT2D eigenvalue weighted by atomic mass is 9.84. The normalized spacial score (nSPS) is 23.5. The van der Waals surface area contributed by atoms with Gasteiger partial charge in [-0.2, -0.15) is 0 Å². The van der Waals surface area contributed by atoms with Crippen molar-refractivity contribution in [3.63, 3.8) is 0 Å². The van der Waals surface area contributed by atoms with Crippen LogP contribution in [0, 0.1) is 0 Å². The molecule has 1 amide bonds. The second kappa shape index (κ2) is 6.61. The third-order valence-corrected chi connectivity index (χ3v) is 5.14. The molecule has 21 heavy (non-hydrogen) atoms. The van der Waals surface area contributed by atoms with Crippen LogP contribution in [-0.4, -0.2) is 29.9 Å². The molecule has 2 fully saturated rings. The van der Waals surface area contributed by atoms with Crippen LogP contribution in [0.1, 0.15) is 66.8 Å². The maximum Gasteiger partial charge on any atom is 0.254 e. The highest BCUT2D eigenvalue weighted by molar-refractivity contribution is 5.94. The molecule has 1 aliphatic carbocycles. The van der Waals surface area contributed by atoms with Crippen LogP contribution in [0.2, 0.25) is 0 Å². The standard InChI is InChI=1S/C18H26N2O/c19-13-17-7-4-12-20(17)18(21)16-10-8-15(9-11-16)14-5-2-1-3-6-14/h8-11,14,17H,1-7,12-13,19H2. The summed E-state index contributed by atoms with van der Waals surface area (Å²) in [6, 6.07) is 8.58. The van der Waals surface area contributed by atoms with Crippen LogP contribution >= 0.6 is 0 Å². The lowest BCUT2D eigenvalue weighted by Crippen LogP contribution is -2.39. The maximum atomic E-state index is 12.6. The fourth-order valence-electron chi connectivity index (χ4n) is 3.85. The Balaban J connectivity index is 1.70. The number of hydrogen-bond acceptors (Lipinski definition) is 2. The summed E-state index contributed by atoms with van der Waals surface area (Å²) in [5, 5.41) is 0. The number of carbonyl (C=O) groups is 1. The van der Waals surface area contributed by atoms with E-state index in [4.69, 9.17) is 5.73 Å². The van der Waals surface area contributed by atoms with Crippen molar-refractivity contribution in [3.05, 3.63) is 35.4 Å². The Bertz CT molecular complexity index is 476. The molecular weight excluding hydrogens is 260 g/mol. The van der Waals surface area contributed by atoms with Crippen LogP contribution in [0.15, 0.2) is 24.3 Å². The van der Waals surface area contributed by atoms with Gasteiger partial charge in [-0.25, -0.2) is 0 Å². The van der Waals surface area contributed by atoms with Crippen molar-refractivity contribution in [3.8, 4) is 0 Å². The van der Waals surface area contributed by atoms with Crippen LogP contribution in [0.3, 0.4) is 0 Å². The highest BCUT2D eigenvalue weighted by Gasteiger charge is 2.28. The third kappa shape index (κ3) is 3.13. The number of nitrogens with two attached hydrogens (primary N) is 1. The summed E-state index contributed by atoms with van der Waals surface area (Å²) in [5.41, 5.74) is 7.99. The topological polar surface area (TPSA) is 46.3 Å². The fourth-order valence-corrected chi connectivity index (χ4v) is 3.85. The molecule has 0 spiro atoms. The quantitative estimate of drug-likeness (QED) is 0.926. The van der Waals surface area contributed by atoms with Gasteiger partial charge >= 0.3 is 0 Å². The SMILES string of the molecule is NCC1CCCN1C(=O)c1ccc(C2CCCCC2)cc1. The molecule has 0 radical (unpaired) electrons. The van der Waals surface area contributed by atoms with Crippen molar-refractivity contribution in [2.24, 2.45) is 5.73 Å². The zero-order valence-electron chi connectivity index (χ0n) is 12.8. The van der Waals surface area contributed by atoms with Gasteiger partial charge in [0, 0.05) is 24.7 Å². The van der Waals surface area contributed by atoms with E-state index in [1.807, 2.05) is 17.0 Å². The zero-order valence-corrected chi connectivity index (χ0v) is 12.8. The Hall–Kier alpha value is -1.35. The molecular formula is C18H26N2O. The van der Waals surface area contributed by atoms with Gasteiger partial charge in [0.15, 0.2) is 0 Å². The number of carbonyl (C=O) groups excluding carboxylic acids is 1. The third-order valence-electron chi connectivity index (χ3n) is 5.14. The van der Waals surface area contributed by atoms with Gasteiger partial charge in [-0.15, -0.1) is 0 Å². The number of nitrogens with zero attached hydrogens (tertiary/aromatic N) is 1. The van der Waals surface area contributed by atoms with Crippen molar-refractivity contribution >= 4 is 5.91 Å². The molecule has 1 saturated heterocycles. The van der Waals surface area contributed by atoms with Crippen molar-refractivity contribution < 1.29 is 4.79 Å². The van der Waals surface area contributed by atoms with Crippen molar-refractivity contribution in [2.45, 2.75) is 56.9 Å². The molecule has 1 unspecified atom stereocenters. The van der Waals surface area contributed by atoms with Crippen molar-refractivity contribution in [1.82, 2.24) is 4.90 Å². The molecule has 0 bridgehead atoms. The highest BCUT2D eigenvalue weighted by atomic mass is 16.2. The molecule has 1 atom stereocenters. The number of rotatable bonds is 3. The molecule has 3 nitrogen and oxygen atoms in total. The van der Waals surface area contributed by atoms with Gasteiger partial charge < -0.3 is 10.6 Å². The first-order valence-electron chi connectivity index (χ1n) is 8.40. The summed E-state index contributed by atoms with van der Waals surface area (Å²) < 4.78 is 0. The summed E-state index contributed by atoms with van der Waals surface area (Å²) in [6.45, 7) is 1.43. The molecule has 1 saturated carbocycles. The number of hydrogen-bond donors (Lipinski definition) is 1. The van der Waals surface area contributed by atoms with E-state index < -0.39 is 0 Å². The summed E-state index contributed by atoms with van der Waals surface area (Å²) in [6.07, 6.45) is 8.79. The first-order valence-corrected chi connectivity index (χ1v) is 8.40. The minimum absolute atomic E-state index is 0.151. The Morgan fingerprint density at radius 1 is 1.05 bits per heavy atom. The minimum Gasteiger partial charge on any atom is -0.334 e. The van der Waals surface area contributed by atoms with Gasteiger partial charge in [0.25, 0.3) is 5.91 Å². The Labute approximate surface area is 127 Å². The van der Waals surface area contributed by atoms with E-state index in [0.717, 1.165) is 24.9 Å². The molecule has 1 aromatic rings. The van der Waals surface area contributed by atoms with Gasteiger partial charge in [-0.05, 0) is 49.3 Å². The Morgan fingerprint density at radius 2 is 1.76 bits per heavy atom. The first kappa shape index (κ1) is 14.6. The Morgan fingerprint density at radius 3 is 2.43 bits per heavy atom. The van der Waals surface area contributed by atoms with Crippen LogP contribution in [0.25, 0.3) is 0 Å². The number of benzene rings is 1. The predicted molar refractivity (Wildman–Crippen MR) is 85.4 cm³/mol. The summed E-state index contributed by atoms with van der Waals surface area (Å²) >= 11 is 0. The molecule has 0 aromatic heterocycles. The van der Waals surface area contributed by atoms with Crippen molar-refractivity contribution in [2.75, 3.05) is 13.1 Å². The van der Waals surface area contributed by atoms with Gasteiger partial charge in [-0.1, -0.05) is 31.4 Å². The second-order valence-electron chi connectivity index (χ2n) is 6.49. The van der Waals surface area contributed by atoms with E-state index in [-0.39, 0.29) is 11.9 Å². The number of likely N-dealkylation sites (tertiary alicyclic amines) is 1. The summed E-state index contributed by atoms with van der Waals surface area (Å²) in [5.74, 6) is 0.852. The van der Waals surface area contributed by atoms with Crippen LogP contribution in [-0.2, 0) is 0 Å². The van der Waals surface area contributed by atoms with E-state index in [1.165, 1.54) is 37.7 Å². The molecule has 114 valence electrons. The maximum absolute atomic E-state index is 12.6. The zero-order chi connectivity index (χ0) is 14.7. The smallest absolute Gasteiger partial charge is 0.254 e. The predicted octanol–water partition coefficient (Wildman–Crippen LogP) is 3.30. The monoisotopic (exact) mass is 286 g/mol. The molecule has 1 heterocycles. The summed E-state index contributed by atoms with van der Waals surface area (Å²) in [7, 11) is 0. The first-order chi connectivity index (χ1) is 10.3. The van der Waals surface area contributed by atoms with E-state index >= 15 is 0 Å². The molecule has 2 N–H and O–H groups in total. The van der Waals surface area contributed by atoms with Crippen LogP contribution < -0.4 is 5.73 Å². The van der Waals surface area contributed by atoms with E-state index in [2.05, 4.69) is 12.1 Å². The van der Waals surface area contributed by atoms with Gasteiger partial charge in [0.05, 0.1) is 0 Å². The minimum atomic E-state index is 0.151. The van der Waals surface area contributed by atoms with E-state index in [1.54, 1.807) is 0 Å². The highest BCUT2D eigenvalue weighted by Crippen LogP contribution is 2.32. The lowest BCUT2D eigenvalue weighted by molar-refractivity contribution is 0.0741. The fraction of sp³-hybridized carbons (Fsp3) is 0.611. The molecule has 3 rings (SSSR count).